The van der Waals surface area contributed by atoms with Crippen LogP contribution in [0.1, 0.15) is 28.3 Å². The van der Waals surface area contributed by atoms with Gasteiger partial charge in [-0.2, -0.15) is 13.2 Å². The van der Waals surface area contributed by atoms with Crippen LogP contribution < -0.4 is 5.73 Å². The number of hydrogen-bond acceptors (Lipinski definition) is 2. The molecule has 2 rings (SSSR count). The van der Waals surface area contributed by atoms with Crippen LogP contribution in [0.5, 0.6) is 0 Å². The standard InChI is InChI=1S/C13H14F3N3/c1-8-11(19-12(7-17)18-8)6-9-3-2-4-10(5-9)13(14,15)16/h2-5H,6-7,17H2,1H3,(H,18,19). The molecular formula is C13H14F3N3. The molecule has 0 aliphatic carbocycles. The summed E-state index contributed by atoms with van der Waals surface area (Å²) in [5, 5.41) is 0. The Morgan fingerprint density at radius 3 is 2.63 bits per heavy atom. The maximum atomic E-state index is 12.6. The second kappa shape index (κ2) is 5.05. The quantitative estimate of drug-likeness (QED) is 0.900. The Morgan fingerprint density at radius 2 is 2.05 bits per heavy atom. The number of nitrogens with zero attached hydrogens (tertiary/aromatic N) is 1. The zero-order valence-corrected chi connectivity index (χ0v) is 10.4. The van der Waals surface area contributed by atoms with Gasteiger partial charge < -0.3 is 10.7 Å². The molecule has 1 aromatic carbocycles. The number of hydrogen-bond donors (Lipinski definition) is 2. The van der Waals surface area contributed by atoms with Gasteiger partial charge in [0.15, 0.2) is 0 Å². The van der Waals surface area contributed by atoms with Crippen LogP contribution in [-0.4, -0.2) is 9.97 Å². The zero-order valence-electron chi connectivity index (χ0n) is 10.4. The number of nitrogens with two attached hydrogens (primary N) is 1. The number of nitrogens with one attached hydrogen (secondary N) is 1. The van der Waals surface area contributed by atoms with Gasteiger partial charge in [0.25, 0.3) is 0 Å². The third-order valence-electron chi connectivity index (χ3n) is 2.85. The normalized spacial score (nSPS) is 11.8. The van der Waals surface area contributed by atoms with Crippen molar-refractivity contribution in [3.8, 4) is 0 Å². The summed E-state index contributed by atoms with van der Waals surface area (Å²) in [4.78, 5) is 7.25. The van der Waals surface area contributed by atoms with Crippen molar-refractivity contribution in [3.05, 3.63) is 52.6 Å². The van der Waals surface area contributed by atoms with E-state index in [4.69, 9.17) is 5.73 Å². The third-order valence-corrected chi connectivity index (χ3v) is 2.85. The second-order valence-corrected chi connectivity index (χ2v) is 4.33. The number of halogens is 3. The van der Waals surface area contributed by atoms with Gasteiger partial charge in [0, 0.05) is 12.1 Å². The molecule has 0 fully saturated rings. The molecule has 0 aliphatic heterocycles. The highest BCUT2D eigenvalue weighted by Crippen LogP contribution is 2.30. The van der Waals surface area contributed by atoms with Crippen molar-refractivity contribution in [2.75, 3.05) is 0 Å². The molecule has 6 heteroatoms. The van der Waals surface area contributed by atoms with E-state index in [0.717, 1.165) is 23.5 Å². The molecule has 102 valence electrons. The topological polar surface area (TPSA) is 54.7 Å². The lowest BCUT2D eigenvalue weighted by molar-refractivity contribution is -0.137. The molecule has 0 spiro atoms. The van der Waals surface area contributed by atoms with Crippen LogP contribution in [0.15, 0.2) is 24.3 Å². The summed E-state index contributed by atoms with van der Waals surface area (Å²) in [6, 6.07) is 5.28. The number of aryl methyl sites for hydroxylation is 1. The molecule has 0 bridgehead atoms. The van der Waals surface area contributed by atoms with E-state index in [1.54, 1.807) is 6.07 Å². The van der Waals surface area contributed by atoms with Gasteiger partial charge in [0.2, 0.25) is 0 Å². The molecule has 0 saturated carbocycles. The fraction of sp³-hybridized carbons (Fsp3) is 0.308. The predicted molar refractivity (Wildman–Crippen MR) is 65.5 cm³/mol. The molecule has 2 aromatic rings. The lowest BCUT2D eigenvalue weighted by atomic mass is 10.1. The van der Waals surface area contributed by atoms with Gasteiger partial charge in [-0.3, -0.25) is 0 Å². The van der Waals surface area contributed by atoms with Crippen LogP contribution in [0.25, 0.3) is 0 Å². The van der Waals surface area contributed by atoms with Gasteiger partial charge in [-0.25, -0.2) is 4.98 Å². The molecular weight excluding hydrogens is 255 g/mol. The maximum absolute atomic E-state index is 12.6. The van der Waals surface area contributed by atoms with E-state index in [2.05, 4.69) is 9.97 Å². The molecule has 1 heterocycles. The summed E-state index contributed by atoms with van der Waals surface area (Å²) in [6.45, 7) is 2.11. The minimum absolute atomic E-state index is 0.281. The first-order valence-electron chi connectivity index (χ1n) is 5.80. The van der Waals surface area contributed by atoms with Crippen LogP contribution in [0, 0.1) is 6.92 Å². The minimum Gasteiger partial charge on any atom is -0.345 e. The molecule has 0 amide bonds. The van der Waals surface area contributed by atoms with Crippen LogP contribution in [0.3, 0.4) is 0 Å². The van der Waals surface area contributed by atoms with Gasteiger partial charge in [-0.05, 0) is 18.6 Å². The van der Waals surface area contributed by atoms with Crippen molar-refractivity contribution in [2.24, 2.45) is 5.73 Å². The van der Waals surface area contributed by atoms with E-state index in [0.29, 0.717) is 17.8 Å². The van der Waals surface area contributed by atoms with Crippen LogP contribution in [-0.2, 0) is 19.1 Å². The highest BCUT2D eigenvalue weighted by atomic mass is 19.4. The molecule has 3 nitrogen and oxygen atoms in total. The lowest BCUT2D eigenvalue weighted by Gasteiger charge is -2.08. The van der Waals surface area contributed by atoms with E-state index in [1.165, 1.54) is 6.07 Å². The summed E-state index contributed by atoms with van der Waals surface area (Å²) in [6.07, 6.45) is -3.97. The average molecular weight is 269 g/mol. The number of benzene rings is 1. The lowest BCUT2D eigenvalue weighted by Crippen LogP contribution is -2.05. The van der Waals surface area contributed by atoms with E-state index < -0.39 is 11.7 Å². The Bertz CT molecular complexity index is 573. The van der Waals surface area contributed by atoms with Crippen LogP contribution in [0.4, 0.5) is 13.2 Å². The number of aromatic nitrogens is 2. The van der Waals surface area contributed by atoms with Crippen molar-refractivity contribution in [3.63, 3.8) is 0 Å². The Labute approximate surface area is 108 Å². The fourth-order valence-corrected chi connectivity index (χ4v) is 1.88. The van der Waals surface area contributed by atoms with Crippen LogP contribution >= 0.6 is 0 Å². The number of imidazole rings is 1. The smallest absolute Gasteiger partial charge is 0.345 e. The molecule has 0 saturated heterocycles. The van der Waals surface area contributed by atoms with E-state index >= 15 is 0 Å². The monoisotopic (exact) mass is 269 g/mol. The maximum Gasteiger partial charge on any atom is 0.416 e. The summed E-state index contributed by atoms with van der Waals surface area (Å²) in [5.41, 5.74) is 6.95. The first kappa shape index (κ1) is 13.6. The van der Waals surface area contributed by atoms with Gasteiger partial charge in [-0.1, -0.05) is 18.2 Å². The van der Waals surface area contributed by atoms with Crippen molar-refractivity contribution in [1.29, 1.82) is 0 Å². The number of rotatable bonds is 3. The second-order valence-electron chi connectivity index (χ2n) is 4.33. The van der Waals surface area contributed by atoms with Crippen molar-refractivity contribution in [2.45, 2.75) is 26.1 Å². The zero-order chi connectivity index (χ0) is 14.0. The molecule has 0 radical (unpaired) electrons. The van der Waals surface area contributed by atoms with E-state index in [-0.39, 0.29) is 6.54 Å². The number of H-pyrrole nitrogens is 1. The SMILES string of the molecule is Cc1[nH]c(CN)nc1Cc1cccc(C(F)(F)F)c1. The largest absolute Gasteiger partial charge is 0.416 e. The van der Waals surface area contributed by atoms with Crippen molar-refractivity contribution in [1.82, 2.24) is 9.97 Å². The summed E-state index contributed by atoms with van der Waals surface area (Å²) < 4.78 is 37.8. The Hall–Kier alpha value is -1.82. The van der Waals surface area contributed by atoms with E-state index in [9.17, 15) is 13.2 Å². The molecule has 0 unspecified atom stereocenters. The Balaban J connectivity index is 2.26. The summed E-state index contributed by atoms with van der Waals surface area (Å²) in [7, 11) is 0. The Kier molecular flexibility index (Phi) is 3.61. The fourth-order valence-electron chi connectivity index (χ4n) is 1.88. The van der Waals surface area contributed by atoms with E-state index in [1.807, 2.05) is 6.92 Å². The third kappa shape index (κ3) is 3.14. The van der Waals surface area contributed by atoms with Crippen molar-refractivity contribution >= 4 is 0 Å². The number of alkyl halides is 3. The van der Waals surface area contributed by atoms with Crippen LogP contribution in [0.2, 0.25) is 0 Å². The average Bonchev–Trinajstić information content (AvgIpc) is 2.70. The van der Waals surface area contributed by atoms with Crippen molar-refractivity contribution < 1.29 is 13.2 Å². The summed E-state index contributed by atoms with van der Waals surface area (Å²) in [5.74, 6) is 0.638. The van der Waals surface area contributed by atoms with Gasteiger partial charge in [-0.15, -0.1) is 0 Å². The molecule has 19 heavy (non-hydrogen) atoms. The highest BCUT2D eigenvalue weighted by molar-refractivity contribution is 5.30. The minimum atomic E-state index is -4.32. The predicted octanol–water partition coefficient (Wildman–Crippen LogP) is 2.79. The molecule has 0 aliphatic rings. The first-order chi connectivity index (χ1) is 8.90. The molecule has 3 N–H and O–H groups in total. The van der Waals surface area contributed by atoms with Gasteiger partial charge >= 0.3 is 6.18 Å². The molecule has 1 aromatic heterocycles. The molecule has 0 atom stereocenters. The highest BCUT2D eigenvalue weighted by Gasteiger charge is 2.30. The number of aromatic amines is 1. The summed E-state index contributed by atoms with van der Waals surface area (Å²) >= 11 is 0. The Morgan fingerprint density at radius 1 is 1.32 bits per heavy atom. The first-order valence-corrected chi connectivity index (χ1v) is 5.80. The van der Waals surface area contributed by atoms with Gasteiger partial charge in [0.05, 0.1) is 17.8 Å². The van der Waals surface area contributed by atoms with Gasteiger partial charge in [0.1, 0.15) is 5.82 Å².